The number of piperazine rings is 1. The van der Waals surface area contributed by atoms with Crippen LogP contribution in [-0.4, -0.2) is 47.6 Å². The molecule has 3 rings (SSSR count). The van der Waals surface area contributed by atoms with Gasteiger partial charge < -0.3 is 9.64 Å². The second kappa shape index (κ2) is 7.38. The average Bonchev–Trinajstić information content (AvgIpc) is 2.55. The molecule has 1 aromatic heterocycles. The van der Waals surface area contributed by atoms with Crippen molar-refractivity contribution in [3.05, 3.63) is 41.2 Å². The van der Waals surface area contributed by atoms with Crippen molar-refractivity contribution in [1.82, 2.24) is 14.3 Å². The van der Waals surface area contributed by atoms with Gasteiger partial charge in [-0.15, -0.1) is 0 Å². The smallest absolute Gasteiger partial charge is 0.227 e. The van der Waals surface area contributed by atoms with E-state index in [2.05, 4.69) is 31.3 Å². The van der Waals surface area contributed by atoms with Crippen LogP contribution in [0.5, 0.6) is 5.75 Å². The highest BCUT2D eigenvalue weighted by atomic mass is 35.5. The van der Waals surface area contributed by atoms with Crippen LogP contribution in [0.3, 0.4) is 0 Å². The Morgan fingerprint density at radius 3 is 2.61 bits per heavy atom. The first kappa shape index (κ1) is 16.4. The SMILES string of the molecule is COc1cccc(SN2CCN(c3nc(C)cc(Cl)n3)CC2)c1. The summed E-state index contributed by atoms with van der Waals surface area (Å²) >= 11 is 7.79. The Morgan fingerprint density at radius 1 is 1.13 bits per heavy atom. The van der Waals surface area contributed by atoms with Crippen LogP contribution in [0, 0.1) is 6.92 Å². The molecule has 2 heterocycles. The highest BCUT2D eigenvalue weighted by Crippen LogP contribution is 2.27. The third-order valence-corrected chi connectivity index (χ3v) is 4.89. The largest absolute Gasteiger partial charge is 0.497 e. The fourth-order valence-corrected chi connectivity index (χ4v) is 3.63. The summed E-state index contributed by atoms with van der Waals surface area (Å²) in [5.41, 5.74) is 0.896. The zero-order valence-corrected chi connectivity index (χ0v) is 14.8. The van der Waals surface area contributed by atoms with Crippen molar-refractivity contribution in [3.8, 4) is 5.75 Å². The molecule has 1 aliphatic heterocycles. The normalized spacial score (nSPS) is 15.7. The minimum Gasteiger partial charge on any atom is -0.497 e. The summed E-state index contributed by atoms with van der Waals surface area (Å²) < 4.78 is 7.62. The summed E-state index contributed by atoms with van der Waals surface area (Å²) in [6.07, 6.45) is 0. The summed E-state index contributed by atoms with van der Waals surface area (Å²) in [5.74, 6) is 1.61. The lowest BCUT2D eigenvalue weighted by molar-refractivity contribution is 0.412. The summed E-state index contributed by atoms with van der Waals surface area (Å²) in [4.78, 5) is 12.2. The lowest BCUT2D eigenvalue weighted by Crippen LogP contribution is -2.44. The van der Waals surface area contributed by atoms with E-state index >= 15 is 0 Å². The molecule has 122 valence electrons. The van der Waals surface area contributed by atoms with Gasteiger partial charge in [0.1, 0.15) is 10.9 Å². The summed E-state index contributed by atoms with van der Waals surface area (Å²) in [5, 5.41) is 0.501. The van der Waals surface area contributed by atoms with E-state index in [0.717, 1.165) is 43.6 Å². The zero-order valence-electron chi connectivity index (χ0n) is 13.2. The number of hydrogen-bond acceptors (Lipinski definition) is 6. The predicted octanol–water partition coefficient (Wildman–Crippen LogP) is 3.28. The Balaban J connectivity index is 1.59. The molecule has 1 aromatic carbocycles. The van der Waals surface area contributed by atoms with Gasteiger partial charge in [0.2, 0.25) is 5.95 Å². The summed E-state index contributed by atoms with van der Waals surface area (Å²) in [6.45, 7) is 5.59. The molecule has 0 spiro atoms. The van der Waals surface area contributed by atoms with Crippen LogP contribution in [0.25, 0.3) is 0 Å². The van der Waals surface area contributed by atoms with Gasteiger partial charge in [0.05, 0.1) is 7.11 Å². The molecule has 23 heavy (non-hydrogen) atoms. The Bertz CT molecular complexity index is 657. The number of aromatic nitrogens is 2. The molecule has 1 fully saturated rings. The van der Waals surface area contributed by atoms with Gasteiger partial charge in [-0.3, -0.25) is 0 Å². The van der Waals surface area contributed by atoms with E-state index in [0.29, 0.717) is 5.15 Å². The van der Waals surface area contributed by atoms with Crippen LogP contribution >= 0.6 is 23.5 Å². The van der Waals surface area contributed by atoms with Gasteiger partial charge >= 0.3 is 0 Å². The van der Waals surface area contributed by atoms with Crippen LogP contribution < -0.4 is 9.64 Å². The molecular weight excluding hydrogens is 332 g/mol. The van der Waals surface area contributed by atoms with Crippen molar-refractivity contribution in [2.75, 3.05) is 38.2 Å². The molecule has 1 aliphatic rings. The molecule has 0 unspecified atom stereocenters. The van der Waals surface area contributed by atoms with Gasteiger partial charge in [-0.2, -0.15) is 0 Å². The number of methoxy groups -OCH3 is 1. The standard InChI is InChI=1S/C16H19ClN4OS/c1-12-10-15(17)19-16(18-12)20-6-8-21(9-7-20)23-14-5-3-4-13(11-14)22-2/h3-5,10-11H,6-9H2,1-2H3. The van der Waals surface area contributed by atoms with Crippen molar-refractivity contribution < 1.29 is 4.74 Å². The summed E-state index contributed by atoms with van der Waals surface area (Å²) in [6, 6.07) is 9.91. The van der Waals surface area contributed by atoms with Gasteiger partial charge in [-0.1, -0.05) is 17.7 Å². The average molecular weight is 351 g/mol. The third kappa shape index (κ3) is 4.28. The molecule has 1 saturated heterocycles. The maximum atomic E-state index is 6.03. The molecule has 7 heteroatoms. The zero-order chi connectivity index (χ0) is 16.2. The van der Waals surface area contributed by atoms with E-state index in [9.17, 15) is 0 Å². The number of hydrogen-bond donors (Lipinski definition) is 0. The fourth-order valence-electron chi connectivity index (χ4n) is 2.44. The van der Waals surface area contributed by atoms with Crippen LogP contribution in [-0.2, 0) is 0 Å². The number of halogens is 1. The molecule has 5 nitrogen and oxygen atoms in total. The van der Waals surface area contributed by atoms with Crippen LogP contribution in [0.1, 0.15) is 5.69 Å². The maximum Gasteiger partial charge on any atom is 0.227 e. The first-order chi connectivity index (χ1) is 11.1. The van der Waals surface area contributed by atoms with Gasteiger partial charge in [-0.25, -0.2) is 14.3 Å². The van der Waals surface area contributed by atoms with Crippen molar-refractivity contribution >= 4 is 29.5 Å². The van der Waals surface area contributed by atoms with Crippen LogP contribution in [0.4, 0.5) is 5.95 Å². The van der Waals surface area contributed by atoms with E-state index in [1.54, 1.807) is 25.1 Å². The van der Waals surface area contributed by atoms with Gasteiger partial charge in [0.25, 0.3) is 0 Å². The molecule has 0 saturated carbocycles. The van der Waals surface area contributed by atoms with Crippen molar-refractivity contribution in [1.29, 1.82) is 0 Å². The molecule has 0 aliphatic carbocycles. The van der Waals surface area contributed by atoms with E-state index in [4.69, 9.17) is 16.3 Å². The maximum absolute atomic E-state index is 6.03. The number of benzene rings is 1. The van der Waals surface area contributed by atoms with Crippen molar-refractivity contribution in [3.63, 3.8) is 0 Å². The highest BCUT2D eigenvalue weighted by molar-refractivity contribution is 7.97. The second-order valence-corrected chi connectivity index (χ2v) is 6.88. The second-order valence-electron chi connectivity index (χ2n) is 5.32. The van der Waals surface area contributed by atoms with Crippen molar-refractivity contribution in [2.24, 2.45) is 0 Å². The third-order valence-electron chi connectivity index (χ3n) is 3.61. The fraction of sp³-hybridized carbons (Fsp3) is 0.375. The minimum absolute atomic E-state index is 0.501. The number of rotatable bonds is 4. The Hall–Kier alpha value is -1.50. The number of aryl methyl sites for hydroxylation is 1. The van der Waals surface area contributed by atoms with E-state index < -0.39 is 0 Å². The van der Waals surface area contributed by atoms with E-state index in [1.165, 1.54) is 4.90 Å². The predicted molar refractivity (Wildman–Crippen MR) is 94.4 cm³/mol. The van der Waals surface area contributed by atoms with Crippen LogP contribution in [0.15, 0.2) is 35.2 Å². The topological polar surface area (TPSA) is 41.5 Å². The minimum atomic E-state index is 0.501. The molecular formula is C16H19ClN4OS. The van der Waals surface area contributed by atoms with Gasteiger partial charge in [-0.05, 0) is 43.1 Å². The monoisotopic (exact) mass is 350 g/mol. The van der Waals surface area contributed by atoms with Gasteiger partial charge in [0.15, 0.2) is 0 Å². The molecule has 2 aromatic rings. The molecule has 0 radical (unpaired) electrons. The molecule has 0 atom stereocenters. The van der Waals surface area contributed by atoms with E-state index in [1.807, 2.05) is 19.1 Å². The number of ether oxygens (including phenoxy) is 1. The molecule has 0 bridgehead atoms. The van der Waals surface area contributed by atoms with Gasteiger partial charge in [0, 0.05) is 36.8 Å². The quantitative estimate of drug-likeness (QED) is 0.622. The lowest BCUT2D eigenvalue weighted by Gasteiger charge is -2.33. The number of nitrogens with zero attached hydrogens (tertiary/aromatic N) is 4. The first-order valence-corrected chi connectivity index (χ1v) is 8.62. The Labute approximate surface area is 145 Å². The van der Waals surface area contributed by atoms with E-state index in [-0.39, 0.29) is 0 Å². The van der Waals surface area contributed by atoms with Crippen molar-refractivity contribution in [2.45, 2.75) is 11.8 Å². The Kier molecular flexibility index (Phi) is 5.25. The lowest BCUT2D eigenvalue weighted by atomic mass is 10.3. The first-order valence-electron chi connectivity index (χ1n) is 7.47. The highest BCUT2D eigenvalue weighted by Gasteiger charge is 2.20. The molecule has 0 N–H and O–H groups in total. The number of anilines is 1. The Morgan fingerprint density at radius 2 is 1.91 bits per heavy atom. The van der Waals surface area contributed by atoms with Crippen LogP contribution in [0.2, 0.25) is 5.15 Å². The summed E-state index contributed by atoms with van der Waals surface area (Å²) in [7, 11) is 1.69. The molecule has 0 amide bonds.